The highest BCUT2D eigenvalue weighted by Crippen LogP contribution is 2.29. The Morgan fingerprint density at radius 2 is 1.43 bits per heavy atom. The third kappa shape index (κ3) is 8.91. The molecule has 3 rings (SSSR count). The zero-order valence-corrected chi connectivity index (χ0v) is 25.8. The third-order valence-electron chi connectivity index (χ3n) is 6.28. The summed E-state index contributed by atoms with van der Waals surface area (Å²) in [5.74, 6) is -0.152. The van der Waals surface area contributed by atoms with Crippen LogP contribution in [0.3, 0.4) is 0 Å². The van der Waals surface area contributed by atoms with Gasteiger partial charge in [0.2, 0.25) is 0 Å². The van der Waals surface area contributed by atoms with Crippen molar-refractivity contribution in [3.05, 3.63) is 81.9 Å². The predicted molar refractivity (Wildman–Crippen MR) is 164 cm³/mol. The van der Waals surface area contributed by atoms with Crippen LogP contribution in [0.2, 0.25) is 0 Å². The van der Waals surface area contributed by atoms with Crippen molar-refractivity contribution >= 4 is 35.0 Å². The van der Waals surface area contributed by atoms with E-state index in [4.69, 9.17) is 18.9 Å². The number of quaternary nitrogens is 1. The van der Waals surface area contributed by atoms with Gasteiger partial charge in [0.05, 0.1) is 50.1 Å². The second-order valence-corrected chi connectivity index (χ2v) is 11.2. The molecule has 13 nitrogen and oxygen atoms in total. The smallest absolute Gasteiger partial charge is 0.497 e. The molecule has 44 heavy (non-hydrogen) atoms. The molecule has 0 saturated heterocycles. The quantitative estimate of drug-likeness (QED) is 0.163. The summed E-state index contributed by atoms with van der Waals surface area (Å²) in [4.78, 5) is 50.2. The SMILES string of the molecule is COc1ccc(NC(=O)c2ccc([N+](=O)[O-])cc2NC(=O)c2ccc(OC)cc2OCC[N+](C)(C)C(=O)OC(C)(C)C)cc1. The summed E-state index contributed by atoms with van der Waals surface area (Å²) in [7, 11) is 6.33. The van der Waals surface area contributed by atoms with E-state index >= 15 is 0 Å². The lowest BCUT2D eigenvalue weighted by Gasteiger charge is -2.29. The van der Waals surface area contributed by atoms with Gasteiger partial charge in [-0.15, -0.1) is 0 Å². The lowest BCUT2D eigenvalue weighted by molar-refractivity contribution is -0.818. The van der Waals surface area contributed by atoms with Crippen molar-refractivity contribution in [3.8, 4) is 17.2 Å². The van der Waals surface area contributed by atoms with Crippen LogP contribution >= 0.6 is 0 Å². The Labute approximate surface area is 255 Å². The van der Waals surface area contributed by atoms with E-state index in [0.29, 0.717) is 17.2 Å². The fourth-order valence-electron chi connectivity index (χ4n) is 3.81. The molecular formula is C31H37N4O9+. The van der Waals surface area contributed by atoms with E-state index in [1.54, 1.807) is 65.2 Å². The number of carbonyl (C=O) groups is 3. The second-order valence-electron chi connectivity index (χ2n) is 11.2. The molecule has 0 aliphatic rings. The van der Waals surface area contributed by atoms with E-state index in [9.17, 15) is 24.5 Å². The van der Waals surface area contributed by atoms with E-state index in [1.807, 2.05) is 0 Å². The zero-order valence-electron chi connectivity index (χ0n) is 25.8. The molecule has 3 aromatic rings. The Hall–Kier alpha value is -5.17. The second kappa shape index (κ2) is 13.9. The summed E-state index contributed by atoms with van der Waals surface area (Å²) in [6, 6.07) is 14.6. The number of nitro benzene ring substituents is 1. The number of ether oxygens (including phenoxy) is 4. The van der Waals surface area contributed by atoms with Crippen molar-refractivity contribution in [1.29, 1.82) is 0 Å². The number of nitrogens with one attached hydrogen (secondary N) is 2. The summed E-state index contributed by atoms with van der Waals surface area (Å²) in [6.45, 7) is 5.58. The Kier molecular flexibility index (Phi) is 10.5. The molecule has 0 atom stereocenters. The molecule has 0 aliphatic heterocycles. The average molecular weight is 610 g/mol. The summed E-state index contributed by atoms with van der Waals surface area (Å²) < 4.78 is 21.7. The number of likely N-dealkylation sites (N-methyl/N-ethyl adjacent to an activating group) is 1. The number of hydrogen-bond acceptors (Lipinski definition) is 9. The summed E-state index contributed by atoms with van der Waals surface area (Å²) in [5, 5.41) is 16.8. The van der Waals surface area contributed by atoms with Gasteiger partial charge in [-0.2, -0.15) is 4.79 Å². The molecule has 0 unspecified atom stereocenters. The summed E-state index contributed by atoms with van der Waals surface area (Å²) >= 11 is 0. The van der Waals surface area contributed by atoms with Gasteiger partial charge in [-0.1, -0.05) is 0 Å². The van der Waals surface area contributed by atoms with Crippen LogP contribution in [0.15, 0.2) is 60.7 Å². The van der Waals surface area contributed by atoms with Crippen molar-refractivity contribution in [2.75, 3.05) is 52.1 Å². The monoisotopic (exact) mass is 609 g/mol. The van der Waals surface area contributed by atoms with Crippen LogP contribution in [0.4, 0.5) is 21.9 Å². The van der Waals surface area contributed by atoms with Crippen LogP contribution in [0, 0.1) is 10.1 Å². The largest absolute Gasteiger partial charge is 0.516 e. The van der Waals surface area contributed by atoms with Gasteiger partial charge in [-0.3, -0.25) is 19.7 Å². The van der Waals surface area contributed by atoms with Gasteiger partial charge in [-0.25, -0.2) is 4.48 Å². The highest BCUT2D eigenvalue weighted by molar-refractivity contribution is 6.13. The molecule has 3 aromatic carbocycles. The maximum absolute atomic E-state index is 13.5. The first kappa shape index (κ1) is 33.3. The van der Waals surface area contributed by atoms with Gasteiger partial charge in [0, 0.05) is 23.9 Å². The van der Waals surface area contributed by atoms with Crippen LogP contribution in [0.25, 0.3) is 0 Å². The first-order chi connectivity index (χ1) is 20.6. The van der Waals surface area contributed by atoms with E-state index in [-0.39, 0.29) is 45.9 Å². The molecule has 0 heterocycles. The third-order valence-corrected chi connectivity index (χ3v) is 6.28. The molecular weight excluding hydrogens is 572 g/mol. The maximum atomic E-state index is 13.5. The number of nitrogens with zero attached hydrogens (tertiary/aromatic N) is 2. The fourth-order valence-corrected chi connectivity index (χ4v) is 3.81. The van der Waals surface area contributed by atoms with Gasteiger partial charge in [0.1, 0.15) is 36.0 Å². The van der Waals surface area contributed by atoms with Crippen LogP contribution < -0.4 is 24.8 Å². The molecule has 0 bridgehead atoms. The molecule has 0 fully saturated rings. The number of amides is 3. The average Bonchev–Trinajstić information content (AvgIpc) is 2.96. The number of nitro groups is 1. The number of methoxy groups -OCH3 is 2. The van der Waals surface area contributed by atoms with E-state index < -0.39 is 28.4 Å². The van der Waals surface area contributed by atoms with Crippen molar-refractivity contribution in [1.82, 2.24) is 0 Å². The van der Waals surface area contributed by atoms with Gasteiger partial charge < -0.3 is 29.6 Å². The minimum absolute atomic E-state index is 0.00726. The Morgan fingerprint density at radius 1 is 0.841 bits per heavy atom. The predicted octanol–water partition coefficient (Wildman–Crippen LogP) is 5.51. The minimum Gasteiger partial charge on any atom is -0.497 e. The number of non-ortho nitro benzene ring substituents is 1. The maximum Gasteiger partial charge on any atom is 0.516 e. The van der Waals surface area contributed by atoms with Crippen LogP contribution in [-0.4, -0.2) is 74.4 Å². The number of anilines is 2. The van der Waals surface area contributed by atoms with Crippen LogP contribution in [0.5, 0.6) is 17.2 Å². The number of rotatable bonds is 11. The molecule has 0 aliphatic carbocycles. The van der Waals surface area contributed by atoms with E-state index in [2.05, 4.69) is 10.6 Å². The molecule has 234 valence electrons. The highest BCUT2D eigenvalue weighted by atomic mass is 16.6. The van der Waals surface area contributed by atoms with Crippen molar-refractivity contribution < 1.29 is 42.7 Å². The number of benzene rings is 3. The lowest BCUT2D eigenvalue weighted by atomic mass is 10.1. The number of carbonyl (C=O) groups excluding carboxylic acids is 3. The van der Waals surface area contributed by atoms with Gasteiger partial charge in [0.15, 0.2) is 0 Å². The summed E-state index contributed by atoms with van der Waals surface area (Å²) in [5.41, 5.74) is -0.560. The molecule has 3 amide bonds. The van der Waals surface area contributed by atoms with Crippen molar-refractivity contribution in [3.63, 3.8) is 0 Å². The van der Waals surface area contributed by atoms with E-state index in [1.165, 1.54) is 38.5 Å². The first-order valence-corrected chi connectivity index (χ1v) is 13.6. The van der Waals surface area contributed by atoms with Crippen molar-refractivity contribution in [2.24, 2.45) is 0 Å². The normalized spacial score (nSPS) is 11.2. The van der Waals surface area contributed by atoms with E-state index in [0.717, 1.165) is 6.07 Å². The fraction of sp³-hybridized carbons (Fsp3) is 0.323. The Balaban J connectivity index is 1.86. The standard InChI is InChI=1S/C31H36N4O9/c1-31(2,3)44-30(38)35(4,5)16-17-43-27-19-23(42-7)13-15-25(27)29(37)33-26-18-21(34(39)40)10-14-24(26)28(36)32-20-8-11-22(41-6)12-9-20/h8-15,18-19H,16-17H2,1-7H3,(H-,32,33,36,37)/p+1. The van der Waals surface area contributed by atoms with Gasteiger partial charge >= 0.3 is 6.09 Å². The molecule has 0 spiro atoms. The molecule has 13 heteroatoms. The molecule has 0 radical (unpaired) electrons. The van der Waals surface area contributed by atoms with Crippen molar-refractivity contribution in [2.45, 2.75) is 26.4 Å². The topological polar surface area (TPSA) is 155 Å². The summed E-state index contributed by atoms with van der Waals surface area (Å²) in [6.07, 6.45) is -0.448. The minimum atomic E-state index is -0.692. The van der Waals surface area contributed by atoms with Gasteiger partial charge in [0.25, 0.3) is 17.5 Å². The highest BCUT2D eigenvalue weighted by Gasteiger charge is 2.32. The molecule has 0 aromatic heterocycles. The van der Waals surface area contributed by atoms with Gasteiger partial charge in [-0.05, 0) is 63.2 Å². The zero-order chi connectivity index (χ0) is 32.7. The first-order valence-electron chi connectivity index (χ1n) is 13.6. The molecule has 2 N–H and O–H groups in total. The Bertz CT molecular complexity index is 1530. The Morgan fingerprint density at radius 3 is 2.02 bits per heavy atom. The van der Waals surface area contributed by atoms with Crippen LogP contribution in [0.1, 0.15) is 41.5 Å². The molecule has 0 saturated carbocycles. The lowest BCUT2D eigenvalue weighted by Crippen LogP contribution is -2.50. The van der Waals surface area contributed by atoms with Crippen LogP contribution in [-0.2, 0) is 4.74 Å². The number of hydrogen-bond donors (Lipinski definition) is 2.